The molecule has 140 valence electrons. The maximum atomic E-state index is 12.0. The number of nitrogens with one attached hydrogen (secondary N) is 1. The molecule has 4 heteroatoms. The second kappa shape index (κ2) is 5.71. The Hall–Kier alpha value is -1.58. The highest BCUT2D eigenvalue weighted by molar-refractivity contribution is 5.76. The fourth-order valence-corrected chi connectivity index (χ4v) is 7.31. The second-order valence-electron chi connectivity index (χ2n) is 9.71. The molecule has 1 amide bonds. The van der Waals surface area contributed by atoms with Gasteiger partial charge in [0.1, 0.15) is 0 Å². The number of amides is 1. The predicted molar refractivity (Wildman–Crippen MR) is 102 cm³/mol. The number of aromatic nitrogens is 2. The van der Waals surface area contributed by atoms with E-state index in [1.54, 1.807) is 0 Å². The molecule has 26 heavy (non-hydrogen) atoms. The van der Waals surface area contributed by atoms with Crippen LogP contribution in [0.3, 0.4) is 0 Å². The van der Waals surface area contributed by atoms with Crippen molar-refractivity contribution in [2.75, 3.05) is 6.54 Å². The number of carbonyl (C=O) groups excluding carboxylic acids is 1. The summed E-state index contributed by atoms with van der Waals surface area (Å²) in [5.74, 6) is 3.27. The summed E-state index contributed by atoms with van der Waals surface area (Å²) in [6.45, 7) is 5.91. The first-order valence-electron chi connectivity index (χ1n) is 10.5. The molecule has 5 rings (SSSR count). The lowest BCUT2D eigenvalue weighted by Gasteiger charge is -2.58. The van der Waals surface area contributed by atoms with Gasteiger partial charge in [-0.05, 0) is 67.6 Å². The molecule has 0 spiro atoms. The fourth-order valence-electron chi connectivity index (χ4n) is 7.31. The van der Waals surface area contributed by atoms with Crippen LogP contribution < -0.4 is 5.32 Å². The van der Waals surface area contributed by atoms with Crippen molar-refractivity contribution < 1.29 is 4.79 Å². The summed E-state index contributed by atoms with van der Waals surface area (Å²) in [5.41, 5.74) is 2.09. The molecule has 0 radical (unpaired) electrons. The Kier molecular flexibility index (Phi) is 3.64. The molecule has 1 aromatic rings. The summed E-state index contributed by atoms with van der Waals surface area (Å²) in [6, 6.07) is 0. The van der Waals surface area contributed by atoms with Gasteiger partial charge in [0.25, 0.3) is 0 Å². The van der Waals surface area contributed by atoms with E-state index in [2.05, 4.69) is 41.0 Å². The third kappa shape index (κ3) is 2.20. The summed E-state index contributed by atoms with van der Waals surface area (Å²) < 4.78 is 2.25. The highest BCUT2D eigenvalue weighted by Gasteiger charge is 2.58. The molecule has 3 aliphatic carbocycles. The number of hydrogen-bond acceptors (Lipinski definition) is 2. The monoisotopic (exact) mass is 353 g/mol. The van der Waals surface area contributed by atoms with Gasteiger partial charge < -0.3 is 9.88 Å². The third-order valence-electron chi connectivity index (χ3n) is 8.82. The minimum atomic E-state index is 0.266. The van der Waals surface area contributed by atoms with E-state index in [9.17, 15) is 4.79 Å². The van der Waals surface area contributed by atoms with Crippen LogP contribution in [0, 0.1) is 34.5 Å². The molecule has 1 N–H and O–H groups in total. The number of nitrogens with zero attached hydrogens (tertiary/aromatic N) is 2. The number of rotatable bonds is 1. The van der Waals surface area contributed by atoms with Crippen molar-refractivity contribution in [3.8, 4) is 0 Å². The van der Waals surface area contributed by atoms with Crippen molar-refractivity contribution in [1.29, 1.82) is 0 Å². The van der Waals surface area contributed by atoms with Gasteiger partial charge in [-0.2, -0.15) is 0 Å². The van der Waals surface area contributed by atoms with Crippen molar-refractivity contribution in [2.24, 2.45) is 34.5 Å². The number of carbonyl (C=O) groups is 1. The number of imidazole rings is 1. The largest absolute Gasteiger partial charge is 0.356 e. The summed E-state index contributed by atoms with van der Waals surface area (Å²) >= 11 is 0. The van der Waals surface area contributed by atoms with Gasteiger partial charge in [-0.1, -0.05) is 19.9 Å². The van der Waals surface area contributed by atoms with Crippen LogP contribution in [0.5, 0.6) is 0 Å². The van der Waals surface area contributed by atoms with E-state index >= 15 is 0 Å². The molecule has 2 saturated carbocycles. The zero-order chi connectivity index (χ0) is 17.9. The Morgan fingerprint density at radius 1 is 1.19 bits per heavy atom. The first-order chi connectivity index (χ1) is 12.5. The van der Waals surface area contributed by atoms with E-state index in [-0.39, 0.29) is 11.3 Å². The third-order valence-corrected chi connectivity index (χ3v) is 8.82. The first-order valence-corrected chi connectivity index (χ1v) is 10.5. The van der Waals surface area contributed by atoms with Crippen LogP contribution >= 0.6 is 0 Å². The Morgan fingerprint density at radius 2 is 2.08 bits per heavy atom. The zero-order valence-corrected chi connectivity index (χ0v) is 16.1. The predicted octanol–water partition coefficient (Wildman–Crippen LogP) is 4.10. The van der Waals surface area contributed by atoms with E-state index in [4.69, 9.17) is 0 Å². The topological polar surface area (TPSA) is 46.9 Å². The molecule has 1 aliphatic heterocycles. The van der Waals surface area contributed by atoms with Gasteiger partial charge in [-0.3, -0.25) is 4.79 Å². The standard InChI is InChI=1S/C22H31N3O/c1-21-10-8-20(26)24-13-15(21)3-4-16-17-5-6-19(25-12-11-23-14-25)22(17,2)9-7-18(16)21/h6,11-12,14-18H,3-5,7-10,13H2,1-2H3,(H,24,26). The SMILES string of the molecule is CC12CCC3C(CCC4CNC(=O)CCC43C)C1CC=C2n1ccnc1. The van der Waals surface area contributed by atoms with Crippen molar-refractivity contribution in [3.05, 3.63) is 24.8 Å². The van der Waals surface area contributed by atoms with Gasteiger partial charge >= 0.3 is 0 Å². The van der Waals surface area contributed by atoms with Crippen molar-refractivity contribution in [1.82, 2.24) is 14.9 Å². The molecular formula is C22H31N3O. The molecule has 0 aromatic carbocycles. The molecule has 4 aliphatic rings. The lowest BCUT2D eigenvalue weighted by molar-refractivity contribution is -0.121. The van der Waals surface area contributed by atoms with Crippen LogP contribution in [0.25, 0.3) is 5.70 Å². The van der Waals surface area contributed by atoms with Crippen molar-refractivity contribution in [2.45, 2.75) is 58.8 Å². The first kappa shape index (κ1) is 16.6. The van der Waals surface area contributed by atoms with Crippen LogP contribution in [0.1, 0.15) is 58.8 Å². The van der Waals surface area contributed by atoms with Crippen molar-refractivity contribution in [3.63, 3.8) is 0 Å². The lowest BCUT2D eigenvalue weighted by Crippen LogP contribution is -2.52. The van der Waals surface area contributed by atoms with Crippen LogP contribution in [-0.2, 0) is 4.79 Å². The van der Waals surface area contributed by atoms with E-state index in [1.165, 1.54) is 37.8 Å². The summed E-state index contributed by atoms with van der Waals surface area (Å²) in [6.07, 6.45) is 16.7. The molecule has 1 saturated heterocycles. The van der Waals surface area contributed by atoms with Gasteiger partial charge in [0.05, 0.1) is 6.33 Å². The normalized spacial score (nSPS) is 45.0. The maximum absolute atomic E-state index is 12.0. The van der Waals surface area contributed by atoms with E-state index < -0.39 is 0 Å². The molecule has 4 nitrogen and oxygen atoms in total. The van der Waals surface area contributed by atoms with Crippen LogP contribution in [0.4, 0.5) is 0 Å². The summed E-state index contributed by atoms with van der Waals surface area (Å²) in [7, 11) is 0. The van der Waals surface area contributed by atoms with Crippen LogP contribution in [0.2, 0.25) is 0 Å². The Morgan fingerprint density at radius 3 is 2.88 bits per heavy atom. The van der Waals surface area contributed by atoms with E-state index in [1.807, 2.05) is 12.5 Å². The molecule has 3 fully saturated rings. The maximum Gasteiger partial charge on any atom is 0.220 e. The minimum absolute atomic E-state index is 0.266. The number of hydrogen-bond donors (Lipinski definition) is 1. The minimum Gasteiger partial charge on any atom is -0.356 e. The Labute approximate surface area is 156 Å². The summed E-state index contributed by atoms with van der Waals surface area (Å²) in [5, 5.41) is 3.18. The quantitative estimate of drug-likeness (QED) is 0.826. The molecule has 2 heterocycles. The highest BCUT2D eigenvalue weighted by atomic mass is 16.1. The molecular weight excluding hydrogens is 322 g/mol. The smallest absolute Gasteiger partial charge is 0.220 e. The molecule has 0 bridgehead atoms. The van der Waals surface area contributed by atoms with Gasteiger partial charge in [-0.25, -0.2) is 4.98 Å². The fraction of sp³-hybridized carbons (Fsp3) is 0.727. The number of allylic oxidation sites excluding steroid dienone is 2. The average molecular weight is 354 g/mol. The number of fused-ring (bicyclic) bond motifs is 5. The van der Waals surface area contributed by atoms with Gasteiger partial charge in [-0.15, -0.1) is 0 Å². The van der Waals surface area contributed by atoms with Gasteiger partial charge in [0.2, 0.25) is 5.91 Å². The highest BCUT2D eigenvalue weighted by Crippen LogP contribution is 2.65. The lowest BCUT2D eigenvalue weighted by atomic mass is 9.47. The van der Waals surface area contributed by atoms with E-state index in [0.717, 1.165) is 37.1 Å². The van der Waals surface area contributed by atoms with Crippen LogP contribution in [0.15, 0.2) is 24.8 Å². The second-order valence-corrected chi connectivity index (χ2v) is 9.71. The van der Waals surface area contributed by atoms with Gasteiger partial charge in [0, 0.05) is 36.5 Å². The molecule has 6 atom stereocenters. The molecule has 1 aromatic heterocycles. The molecule has 6 unspecified atom stereocenters. The van der Waals surface area contributed by atoms with Crippen molar-refractivity contribution >= 4 is 11.6 Å². The van der Waals surface area contributed by atoms with Crippen LogP contribution in [-0.4, -0.2) is 22.0 Å². The van der Waals surface area contributed by atoms with Gasteiger partial charge in [0.15, 0.2) is 0 Å². The summed E-state index contributed by atoms with van der Waals surface area (Å²) in [4.78, 5) is 16.3. The average Bonchev–Trinajstić information content (AvgIpc) is 3.22. The zero-order valence-electron chi connectivity index (χ0n) is 16.1. The van der Waals surface area contributed by atoms with E-state index in [0.29, 0.717) is 11.3 Å². The Balaban J connectivity index is 1.45. The Bertz CT molecular complexity index is 739.